The number of fused-ring (bicyclic) bond motifs is 2. The van der Waals surface area contributed by atoms with Crippen LogP contribution in [0.15, 0.2) is 29.3 Å². The summed E-state index contributed by atoms with van der Waals surface area (Å²) in [4.78, 5) is 24.7. The topological polar surface area (TPSA) is 96.3 Å². The maximum atomic E-state index is 12.1. The van der Waals surface area contributed by atoms with Crippen LogP contribution in [0.25, 0.3) is 21.3 Å². The minimum Gasteiger partial charge on any atom is -0.477 e. The number of aromatic nitrogens is 1. The number of carbonyl (C=O) groups is 1. The molecule has 0 amide bonds. The Kier molecular flexibility index (Phi) is 8.68. The Morgan fingerprint density at radius 3 is 2.43 bits per heavy atom. The maximum Gasteiger partial charge on any atom is 0.348 e. The third-order valence-corrected chi connectivity index (χ3v) is 7.97. The van der Waals surface area contributed by atoms with Crippen LogP contribution in [0.4, 0.5) is 5.69 Å². The summed E-state index contributed by atoms with van der Waals surface area (Å²) in [7, 11) is 0. The number of nitrogens with one attached hydrogen (secondary N) is 1. The van der Waals surface area contributed by atoms with Crippen LogP contribution in [-0.2, 0) is 22.3 Å². The second-order valence-corrected chi connectivity index (χ2v) is 10.6. The molecule has 4 heterocycles. The second-order valence-electron chi connectivity index (χ2n) is 9.15. The number of hydrogen-bond donors (Lipinski definition) is 2. The fourth-order valence-corrected chi connectivity index (χ4v) is 5.94. The van der Waals surface area contributed by atoms with Crippen molar-refractivity contribution in [1.29, 1.82) is 0 Å². The molecule has 0 bridgehead atoms. The van der Waals surface area contributed by atoms with Crippen molar-refractivity contribution in [2.75, 3.05) is 52.6 Å². The van der Waals surface area contributed by atoms with E-state index in [-0.39, 0.29) is 4.88 Å². The number of rotatable bonds is 4. The summed E-state index contributed by atoms with van der Waals surface area (Å²) < 4.78 is 10.4. The van der Waals surface area contributed by atoms with Crippen molar-refractivity contribution < 1.29 is 19.4 Å². The number of ether oxygens (including phenoxy) is 2. The Hall–Kier alpha value is -2.56. The summed E-state index contributed by atoms with van der Waals surface area (Å²) in [6, 6.07) is 7.75. The molecule has 0 spiro atoms. The lowest BCUT2D eigenvalue weighted by atomic mass is 9.87. The van der Waals surface area contributed by atoms with Crippen molar-refractivity contribution in [1.82, 2.24) is 15.2 Å². The van der Waals surface area contributed by atoms with E-state index in [1.165, 1.54) is 16.9 Å². The largest absolute Gasteiger partial charge is 0.477 e. The summed E-state index contributed by atoms with van der Waals surface area (Å²) in [6.45, 7) is 6.61. The molecule has 2 saturated heterocycles. The normalized spacial score (nSPS) is 17.9. The van der Waals surface area contributed by atoms with Crippen LogP contribution in [0, 0.1) is 0 Å². The number of thiophene rings is 1. The van der Waals surface area contributed by atoms with Gasteiger partial charge in [0.15, 0.2) is 0 Å². The first-order chi connectivity index (χ1) is 18.1. The quantitative estimate of drug-likeness (QED) is 0.361. The molecule has 10 heteroatoms. The number of benzene rings is 1. The van der Waals surface area contributed by atoms with Crippen molar-refractivity contribution in [3.8, 4) is 11.1 Å². The molecule has 2 aliphatic heterocycles. The Bertz CT molecular complexity index is 1260. The van der Waals surface area contributed by atoms with Gasteiger partial charge >= 0.3 is 5.97 Å². The predicted octanol–water partition coefficient (Wildman–Crippen LogP) is 4.79. The fraction of sp³-hybridized carbons (Fsp3) is 0.444. The minimum atomic E-state index is -0.975. The first-order valence-electron chi connectivity index (χ1n) is 12.7. The van der Waals surface area contributed by atoms with Crippen LogP contribution >= 0.6 is 22.9 Å². The highest BCUT2D eigenvalue weighted by molar-refractivity contribution is 7.21. The molecule has 1 aromatic carbocycles. The van der Waals surface area contributed by atoms with Gasteiger partial charge in [-0.3, -0.25) is 0 Å². The molecule has 196 valence electrons. The van der Waals surface area contributed by atoms with Gasteiger partial charge < -0.3 is 24.8 Å². The van der Waals surface area contributed by atoms with Crippen molar-refractivity contribution in [3.63, 3.8) is 0 Å². The number of aromatic carboxylic acids is 1. The van der Waals surface area contributed by atoms with Crippen molar-refractivity contribution in [2.45, 2.75) is 25.7 Å². The van der Waals surface area contributed by atoms with Crippen LogP contribution in [0.2, 0.25) is 5.02 Å². The van der Waals surface area contributed by atoms with Crippen molar-refractivity contribution in [3.05, 3.63) is 45.4 Å². The van der Waals surface area contributed by atoms with Gasteiger partial charge in [-0.15, -0.1) is 11.3 Å². The first kappa shape index (κ1) is 26.1. The van der Waals surface area contributed by atoms with Crippen molar-refractivity contribution in [2.24, 2.45) is 4.99 Å². The molecule has 8 nitrogen and oxygen atoms in total. The van der Waals surface area contributed by atoms with Crippen LogP contribution in [-0.4, -0.2) is 79.9 Å². The average molecular weight is 543 g/mol. The predicted molar refractivity (Wildman–Crippen MR) is 148 cm³/mol. The monoisotopic (exact) mass is 542 g/mol. The Morgan fingerprint density at radius 2 is 1.78 bits per heavy atom. The number of hydrogen-bond acceptors (Lipinski definition) is 7. The van der Waals surface area contributed by atoms with E-state index in [2.05, 4.69) is 10.2 Å². The highest BCUT2D eigenvalue weighted by atomic mass is 35.5. The van der Waals surface area contributed by atoms with Gasteiger partial charge in [0, 0.05) is 42.3 Å². The van der Waals surface area contributed by atoms with E-state index in [1.807, 2.05) is 24.3 Å². The SMILES string of the molecule is C1COCCN1.O=C(O)c1sc2nc3c(c(-c4ccc(Cl)cc4)c2c1N=CN1CCOCC1)CCCC3. The average Bonchev–Trinajstić information content (AvgIpc) is 3.31. The van der Waals surface area contributed by atoms with E-state index in [1.54, 1.807) is 6.34 Å². The smallest absolute Gasteiger partial charge is 0.348 e. The van der Waals surface area contributed by atoms with E-state index < -0.39 is 5.97 Å². The molecular weight excluding hydrogens is 512 g/mol. The third kappa shape index (κ3) is 6.13. The fourth-order valence-electron chi connectivity index (χ4n) is 4.82. The standard InChI is InChI=1S/C23H22ClN3O3S.C4H9NO/c24-15-7-5-14(6-8-15)18-16-3-1-2-4-17(16)26-22-19(18)20(21(31-22)23(28)29)25-13-27-9-11-30-12-10-27;1-3-6-4-2-5-1/h5-8,13H,1-4,9-12H2,(H,28,29);5H,1-4H2. The summed E-state index contributed by atoms with van der Waals surface area (Å²) in [5.74, 6) is -0.975. The summed E-state index contributed by atoms with van der Waals surface area (Å²) >= 11 is 7.36. The molecule has 0 saturated carbocycles. The lowest BCUT2D eigenvalue weighted by Gasteiger charge is -2.24. The molecule has 37 heavy (non-hydrogen) atoms. The number of pyridine rings is 1. The zero-order chi connectivity index (χ0) is 25.6. The van der Waals surface area contributed by atoms with Gasteiger partial charge in [-0.05, 0) is 54.5 Å². The molecule has 1 aliphatic carbocycles. The molecular formula is C27H31ClN4O4S. The van der Waals surface area contributed by atoms with Gasteiger partial charge in [0.1, 0.15) is 15.4 Å². The lowest BCUT2D eigenvalue weighted by molar-refractivity contribution is 0.0696. The summed E-state index contributed by atoms with van der Waals surface area (Å²) in [5.41, 5.74) is 4.84. The summed E-state index contributed by atoms with van der Waals surface area (Å²) in [5, 5.41) is 14.6. The van der Waals surface area contributed by atoms with E-state index in [0.717, 1.165) is 92.1 Å². The first-order valence-corrected chi connectivity index (χ1v) is 13.9. The van der Waals surface area contributed by atoms with Gasteiger partial charge in [0.2, 0.25) is 0 Å². The zero-order valence-corrected chi connectivity index (χ0v) is 22.2. The molecule has 2 N–H and O–H groups in total. The second kappa shape index (κ2) is 12.3. The van der Waals surface area contributed by atoms with Crippen LogP contribution in [0.5, 0.6) is 0 Å². The number of halogens is 1. The van der Waals surface area contributed by atoms with Crippen LogP contribution < -0.4 is 5.32 Å². The van der Waals surface area contributed by atoms with Gasteiger partial charge in [-0.2, -0.15) is 0 Å². The Labute approximate surface area is 225 Å². The molecule has 0 unspecified atom stereocenters. The zero-order valence-electron chi connectivity index (χ0n) is 20.7. The van der Waals surface area contributed by atoms with E-state index >= 15 is 0 Å². The third-order valence-electron chi connectivity index (χ3n) is 6.66. The Morgan fingerprint density at radius 1 is 1.08 bits per heavy atom. The van der Waals surface area contributed by atoms with Gasteiger partial charge in [-0.1, -0.05) is 23.7 Å². The van der Waals surface area contributed by atoms with Gasteiger partial charge in [-0.25, -0.2) is 14.8 Å². The van der Waals surface area contributed by atoms with Gasteiger partial charge in [0.25, 0.3) is 0 Å². The van der Waals surface area contributed by atoms with Crippen LogP contribution in [0.1, 0.15) is 33.8 Å². The van der Waals surface area contributed by atoms with E-state index in [4.69, 9.17) is 31.1 Å². The highest BCUT2D eigenvalue weighted by Crippen LogP contribution is 2.46. The number of nitrogens with zero attached hydrogens (tertiary/aromatic N) is 3. The molecule has 0 radical (unpaired) electrons. The van der Waals surface area contributed by atoms with Gasteiger partial charge in [0.05, 0.1) is 32.8 Å². The Balaban J connectivity index is 0.000000412. The molecule has 3 aromatic rings. The number of carboxylic acids is 1. The number of carboxylic acid groups (broad SMARTS) is 1. The molecule has 0 atom stereocenters. The maximum absolute atomic E-state index is 12.1. The number of aryl methyl sites for hydroxylation is 1. The highest BCUT2D eigenvalue weighted by Gasteiger charge is 2.27. The van der Waals surface area contributed by atoms with Crippen LogP contribution in [0.3, 0.4) is 0 Å². The molecule has 2 fully saturated rings. The summed E-state index contributed by atoms with van der Waals surface area (Å²) in [6.07, 6.45) is 5.80. The molecule has 3 aliphatic rings. The molecule has 6 rings (SSSR count). The van der Waals surface area contributed by atoms with E-state index in [9.17, 15) is 9.90 Å². The van der Waals surface area contributed by atoms with E-state index in [0.29, 0.717) is 23.9 Å². The van der Waals surface area contributed by atoms with Crippen molar-refractivity contribution >= 4 is 51.1 Å². The lowest BCUT2D eigenvalue weighted by Crippen LogP contribution is -2.35. The number of aliphatic imine (C=N–C) groups is 1. The molecule has 2 aromatic heterocycles. The minimum absolute atomic E-state index is 0.226. The number of morpholine rings is 2.